The third-order valence-electron chi connectivity index (χ3n) is 6.02. The van der Waals surface area contributed by atoms with Crippen molar-refractivity contribution in [2.75, 3.05) is 5.75 Å². The molecule has 0 fully saturated rings. The van der Waals surface area contributed by atoms with Crippen LogP contribution in [0.3, 0.4) is 0 Å². The molecule has 0 aliphatic heterocycles. The Morgan fingerprint density at radius 3 is 1.20 bits per heavy atom. The number of esters is 2. The molecule has 0 saturated carbocycles. The quantitative estimate of drug-likeness (QED) is 0.0561. The van der Waals surface area contributed by atoms with Crippen LogP contribution < -0.4 is 0 Å². The highest BCUT2D eigenvalue weighted by Crippen LogP contribution is 2.34. The van der Waals surface area contributed by atoms with E-state index in [-0.39, 0.29) is 26.2 Å². The van der Waals surface area contributed by atoms with Gasteiger partial charge < -0.3 is 9.47 Å². The number of rotatable bonds is 22. The van der Waals surface area contributed by atoms with Gasteiger partial charge in [-0.3, -0.25) is 14.1 Å². The van der Waals surface area contributed by atoms with Gasteiger partial charge in [0.05, 0.1) is 0 Å². The molecule has 0 aliphatic carbocycles. The van der Waals surface area contributed by atoms with Crippen LogP contribution in [0.25, 0.3) is 0 Å². The minimum absolute atomic E-state index is 0.0505. The summed E-state index contributed by atoms with van der Waals surface area (Å²) in [7, 11) is -4.97. The van der Waals surface area contributed by atoms with Crippen molar-refractivity contribution in [3.63, 3.8) is 0 Å². The first-order valence-electron chi connectivity index (χ1n) is 13.6. The molecule has 0 radical (unpaired) electrons. The van der Waals surface area contributed by atoms with Crippen LogP contribution in [0, 0.1) is 0 Å². The number of hydrogen-bond acceptors (Lipinski definition) is 6. The van der Waals surface area contributed by atoms with Gasteiger partial charge in [0.25, 0.3) is 22.1 Å². The lowest BCUT2D eigenvalue weighted by Crippen LogP contribution is -2.46. The lowest BCUT2D eigenvalue weighted by atomic mass is 10.0. The van der Waals surface area contributed by atoms with Crippen molar-refractivity contribution >= 4 is 22.1 Å². The van der Waals surface area contributed by atoms with Crippen molar-refractivity contribution in [3.8, 4) is 0 Å². The summed E-state index contributed by atoms with van der Waals surface area (Å²) >= 11 is 0. The topological polar surface area (TPSA) is 107 Å². The van der Waals surface area contributed by atoms with Gasteiger partial charge in [0.2, 0.25) is 6.10 Å². The zero-order chi connectivity index (χ0) is 31.7. The van der Waals surface area contributed by atoms with E-state index < -0.39 is 58.3 Å². The average molecular weight is 637 g/mol. The van der Waals surface area contributed by atoms with Crippen molar-refractivity contribution in [2.45, 2.75) is 140 Å². The molecule has 2 unspecified atom stereocenters. The van der Waals surface area contributed by atoms with E-state index >= 15 is 0 Å². The monoisotopic (exact) mass is 636 g/mol. The summed E-state index contributed by atoms with van der Waals surface area (Å²) in [4.78, 5) is 23.0. The van der Waals surface area contributed by atoms with Gasteiger partial charge in [-0.05, 0) is 12.8 Å². The second-order valence-corrected chi connectivity index (χ2v) is 11.6. The first-order valence-corrected chi connectivity index (χ1v) is 15.2. The van der Waals surface area contributed by atoms with Crippen LogP contribution in [-0.2, 0) is 29.2 Å². The third-order valence-corrected chi connectivity index (χ3v) is 6.74. The van der Waals surface area contributed by atoms with Crippen molar-refractivity contribution in [2.24, 2.45) is 0 Å². The number of carbonyl (C=O) groups is 2. The predicted molar refractivity (Wildman–Crippen MR) is 133 cm³/mol. The van der Waals surface area contributed by atoms with Gasteiger partial charge in [-0.1, -0.05) is 77.0 Å². The Labute approximate surface area is 235 Å². The van der Waals surface area contributed by atoms with Gasteiger partial charge in [-0.25, -0.2) is 8.78 Å². The zero-order valence-corrected chi connectivity index (χ0v) is 23.8. The molecule has 16 heteroatoms. The van der Waals surface area contributed by atoms with Crippen LogP contribution in [0.4, 0.5) is 35.1 Å². The Bertz CT molecular complexity index is 841. The van der Waals surface area contributed by atoms with E-state index in [9.17, 15) is 53.1 Å². The molecule has 0 aliphatic rings. The maximum Gasteiger partial charge on any atom is 0.431 e. The molecule has 0 amide bonds. The van der Waals surface area contributed by atoms with Crippen LogP contribution in [0.2, 0.25) is 0 Å². The van der Waals surface area contributed by atoms with Crippen molar-refractivity contribution < 1.29 is 67.2 Å². The molecule has 1 N–H and O–H groups in total. The summed E-state index contributed by atoms with van der Waals surface area (Å²) < 4.78 is 140. The van der Waals surface area contributed by atoms with E-state index in [1.54, 1.807) is 0 Å². The van der Waals surface area contributed by atoms with Gasteiger partial charge in [-0.15, -0.1) is 0 Å². The molecule has 244 valence electrons. The van der Waals surface area contributed by atoms with Gasteiger partial charge in [0.15, 0.2) is 0 Å². The van der Waals surface area contributed by atoms with Crippen LogP contribution >= 0.6 is 0 Å². The van der Waals surface area contributed by atoms with Gasteiger partial charge >= 0.3 is 24.3 Å². The molecule has 0 saturated heterocycles. The maximum atomic E-state index is 13.0. The largest absolute Gasteiger partial charge is 0.451 e. The first kappa shape index (κ1) is 39.3. The highest BCUT2D eigenvalue weighted by Gasteiger charge is 2.56. The Hall–Kier alpha value is -1.71. The number of hydrogen-bond donors (Lipinski definition) is 1. The summed E-state index contributed by atoms with van der Waals surface area (Å²) in [6.45, 7) is 0.0505. The van der Waals surface area contributed by atoms with E-state index in [1.165, 1.54) is 0 Å². The maximum absolute atomic E-state index is 13.0. The average Bonchev–Trinajstić information content (AvgIpc) is 2.79. The number of carbonyl (C=O) groups excluding carboxylic acids is 2. The van der Waals surface area contributed by atoms with Crippen molar-refractivity contribution in [1.82, 2.24) is 0 Å². The second kappa shape index (κ2) is 18.7. The summed E-state index contributed by atoms with van der Waals surface area (Å²) in [6.07, 6.45) is -6.62. The molecule has 0 aromatic heterocycles. The van der Waals surface area contributed by atoms with Crippen LogP contribution in [0.5, 0.6) is 0 Å². The summed E-state index contributed by atoms with van der Waals surface area (Å²) in [5.41, 5.74) is 0. The van der Waals surface area contributed by atoms with Gasteiger partial charge in [-0.2, -0.15) is 34.8 Å². The molecular weight excluding hydrogens is 596 g/mol. The van der Waals surface area contributed by atoms with Gasteiger partial charge in [0, 0.05) is 19.8 Å². The fourth-order valence-electron chi connectivity index (χ4n) is 3.91. The standard InChI is InChI=1S/C25H40F8O7S/c1-23(26,27)22(25(31,32)33)40-21(35)17-15-13-11-9-7-5-3-2-4-6-8-10-12-14-16-20(34)39-19(24(28,29)30)18-41(36,37)38/h19,22H,2-18H2,1H3,(H,36,37,38). The fraction of sp³-hybridized carbons (Fsp3) is 0.920. The molecule has 0 aromatic carbocycles. The number of unbranched alkanes of at least 4 members (excludes halogenated alkanes) is 13. The molecule has 0 rings (SSSR count). The van der Waals surface area contributed by atoms with Crippen molar-refractivity contribution in [3.05, 3.63) is 0 Å². The van der Waals surface area contributed by atoms with E-state index in [0.717, 1.165) is 64.2 Å². The smallest absolute Gasteiger partial charge is 0.431 e. The lowest BCUT2D eigenvalue weighted by Gasteiger charge is -2.25. The Balaban J connectivity index is 3.71. The molecule has 0 heterocycles. The highest BCUT2D eigenvalue weighted by atomic mass is 32.2. The van der Waals surface area contributed by atoms with Gasteiger partial charge in [0.1, 0.15) is 5.75 Å². The molecule has 2 atom stereocenters. The van der Waals surface area contributed by atoms with E-state index in [0.29, 0.717) is 19.3 Å². The van der Waals surface area contributed by atoms with E-state index in [1.807, 2.05) is 0 Å². The molecule has 41 heavy (non-hydrogen) atoms. The lowest BCUT2D eigenvalue weighted by molar-refractivity contribution is -0.273. The Morgan fingerprint density at radius 2 is 0.927 bits per heavy atom. The number of ether oxygens (including phenoxy) is 2. The summed E-state index contributed by atoms with van der Waals surface area (Å²) in [5.74, 6) is -8.45. The summed E-state index contributed by atoms with van der Waals surface area (Å²) in [5, 5.41) is 0. The zero-order valence-electron chi connectivity index (χ0n) is 23.0. The summed E-state index contributed by atoms with van der Waals surface area (Å²) in [6, 6.07) is 0. The predicted octanol–water partition coefficient (Wildman–Crippen LogP) is 7.72. The third kappa shape index (κ3) is 21.6. The minimum Gasteiger partial charge on any atom is -0.451 e. The molecule has 7 nitrogen and oxygen atoms in total. The van der Waals surface area contributed by atoms with E-state index in [2.05, 4.69) is 9.47 Å². The Kier molecular flexibility index (Phi) is 18.0. The van der Waals surface area contributed by atoms with Crippen LogP contribution in [0.1, 0.15) is 110 Å². The fourth-order valence-corrected chi connectivity index (χ4v) is 4.55. The number of alkyl halides is 8. The van der Waals surface area contributed by atoms with Crippen LogP contribution in [-0.4, -0.2) is 61.1 Å². The van der Waals surface area contributed by atoms with Crippen molar-refractivity contribution in [1.29, 1.82) is 0 Å². The highest BCUT2D eigenvalue weighted by molar-refractivity contribution is 7.85. The molecule has 0 aromatic rings. The molecule has 0 spiro atoms. The SMILES string of the molecule is CC(F)(F)C(OC(=O)CCCCCCCCCCCCCCCCC(=O)OC(CS(=O)(=O)O)C(F)(F)F)C(F)(F)F. The first-order chi connectivity index (χ1) is 18.7. The molecular formula is C25H40F8O7S. The number of halogens is 8. The molecule has 0 bridgehead atoms. The normalized spacial score (nSPS) is 14.5. The van der Waals surface area contributed by atoms with E-state index in [4.69, 9.17) is 4.55 Å². The Morgan fingerprint density at radius 1 is 0.610 bits per heavy atom. The minimum atomic E-state index is -5.35. The second-order valence-electron chi connectivity index (χ2n) is 10.1. The van der Waals surface area contributed by atoms with Crippen LogP contribution in [0.15, 0.2) is 0 Å².